The lowest BCUT2D eigenvalue weighted by Crippen LogP contribution is -2.45. The number of carbonyl (C=O) groups is 2. The molecule has 2 amide bonds. The Kier molecular flexibility index (Phi) is 10.1. The van der Waals surface area contributed by atoms with Crippen molar-refractivity contribution < 1.29 is 18.4 Å². The van der Waals surface area contributed by atoms with E-state index in [0.717, 1.165) is 75.1 Å². The number of benzene rings is 1. The number of carbonyl (C=O) groups excluding carboxylic acids is 2. The third kappa shape index (κ3) is 7.33. The molecular weight excluding hydrogens is 584 g/mol. The van der Waals surface area contributed by atoms with E-state index in [1.807, 2.05) is 23.1 Å². The van der Waals surface area contributed by atoms with Crippen LogP contribution < -0.4 is 5.32 Å². The molecular formula is C37H49F2N5O2. The summed E-state index contributed by atoms with van der Waals surface area (Å²) in [5.41, 5.74) is 3.43. The minimum absolute atomic E-state index is 0.0875. The third-order valence-electron chi connectivity index (χ3n) is 11.0. The maximum absolute atomic E-state index is 13.7. The van der Waals surface area contributed by atoms with Gasteiger partial charge in [-0.15, -0.1) is 12.3 Å². The summed E-state index contributed by atoms with van der Waals surface area (Å²) in [6, 6.07) is 11.3. The van der Waals surface area contributed by atoms with Gasteiger partial charge in [0.1, 0.15) is 5.82 Å². The van der Waals surface area contributed by atoms with Crippen LogP contribution >= 0.6 is 0 Å². The Morgan fingerprint density at radius 3 is 2.48 bits per heavy atom. The Morgan fingerprint density at radius 1 is 1.07 bits per heavy atom. The summed E-state index contributed by atoms with van der Waals surface area (Å²) >= 11 is 0. The van der Waals surface area contributed by atoms with Crippen LogP contribution in [0.2, 0.25) is 0 Å². The number of alkyl halides is 2. The maximum atomic E-state index is 13.7. The molecule has 3 aliphatic heterocycles. The summed E-state index contributed by atoms with van der Waals surface area (Å²) in [5, 5.41) is 3.26. The van der Waals surface area contributed by atoms with Crippen LogP contribution in [0.1, 0.15) is 118 Å². The fourth-order valence-corrected chi connectivity index (χ4v) is 8.60. The second-order valence-electron chi connectivity index (χ2n) is 14.0. The maximum Gasteiger partial charge on any atom is 0.248 e. The monoisotopic (exact) mass is 633 g/mol. The van der Waals surface area contributed by atoms with Gasteiger partial charge in [-0.2, -0.15) is 0 Å². The quantitative estimate of drug-likeness (QED) is 0.226. The highest BCUT2D eigenvalue weighted by Gasteiger charge is 2.43. The number of piperidine rings is 1. The van der Waals surface area contributed by atoms with E-state index in [4.69, 9.17) is 11.4 Å². The molecule has 3 fully saturated rings. The lowest BCUT2D eigenvalue weighted by atomic mass is 9.86. The van der Waals surface area contributed by atoms with Gasteiger partial charge in [0.2, 0.25) is 17.7 Å². The molecule has 4 aliphatic rings. The molecule has 6 rings (SSSR count). The number of halogens is 2. The number of unbranched alkanes of at least 4 members (excludes halogenated alkanes) is 2. The summed E-state index contributed by atoms with van der Waals surface area (Å²) in [6.07, 6.45) is 14.6. The zero-order valence-corrected chi connectivity index (χ0v) is 27.2. The van der Waals surface area contributed by atoms with Gasteiger partial charge < -0.3 is 14.8 Å². The van der Waals surface area contributed by atoms with Crippen LogP contribution in [0.5, 0.6) is 0 Å². The largest absolute Gasteiger partial charge is 0.349 e. The zero-order valence-electron chi connectivity index (χ0n) is 27.2. The van der Waals surface area contributed by atoms with Crippen molar-refractivity contribution in [2.75, 3.05) is 13.1 Å². The van der Waals surface area contributed by atoms with Crippen molar-refractivity contribution in [2.24, 2.45) is 5.92 Å². The van der Waals surface area contributed by atoms with E-state index in [-0.39, 0.29) is 49.5 Å². The first kappa shape index (κ1) is 32.7. The number of amides is 2. The van der Waals surface area contributed by atoms with Crippen molar-refractivity contribution in [3.63, 3.8) is 0 Å². The Balaban J connectivity index is 1.07. The molecule has 2 bridgehead atoms. The highest BCUT2D eigenvalue weighted by atomic mass is 19.3. The molecule has 2 unspecified atom stereocenters. The van der Waals surface area contributed by atoms with Gasteiger partial charge in [0, 0.05) is 74.9 Å². The molecule has 3 atom stereocenters. The van der Waals surface area contributed by atoms with Crippen LogP contribution in [0.3, 0.4) is 0 Å². The van der Waals surface area contributed by atoms with Crippen molar-refractivity contribution in [2.45, 2.75) is 133 Å². The molecule has 7 nitrogen and oxygen atoms in total. The first-order valence-corrected chi connectivity index (χ1v) is 17.5. The summed E-state index contributed by atoms with van der Waals surface area (Å²) < 4.78 is 30.0. The second-order valence-corrected chi connectivity index (χ2v) is 14.0. The molecule has 0 radical (unpaired) electrons. The van der Waals surface area contributed by atoms with Gasteiger partial charge in [-0.25, -0.2) is 13.8 Å². The highest BCUT2D eigenvalue weighted by molar-refractivity contribution is 5.79. The molecule has 1 aliphatic carbocycles. The molecule has 1 aromatic carbocycles. The molecule has 2 aromatic rings. The predicted molar refractivity (Wildman–Crippen MR) is 174 cm³/mol. The average Bonchev–Trinajstić information content (AvgIpc) is 3.50. The number of nitrogens with zero attached hydrogens (tertiary/aromatic N) is 4. The number of nitrogens with one attached hydrogen (secondary N) is 1. The molecule has 1 N–H and O–H groups in total. The van der Waals surface area contributed by atoms with Crippen molar-refractivity contribution in [1.82, 2.24) is 24.7 Å². The number of hydrogen-bond acceptors (Lipinski definition) is 4. The summed E-state index contributed by atoms with van der Waals surface area (Å²) in [6.45, 7) is 4.34. The predicted octanol–water partition coefficient (Wildman–Crippen LogP) is 6.51. The molecule has 4 heterocycles. The van der Waals surface area contributed by atoms with Gasteiger partial charge in [-0.05, 0) is 70.3 Å². The van der Waals surface area contributed by atoms with Crippen molar-refractivity contribution in [3.05, 3.63) is 53.1 Å². The van der Waals surface area contributed by atoms with Crippen LogP contribution in [0.4, 0.5) is 8.78 Å². The number of aryl methyl sites for hydroxylation is 1. The third-order valence-corrected chi connectivity index (χ3v) is 11.0. The lowest BCUT2D eigenvalue weighted by Gasteiger charge is -2.41. The van der Waals surface area contributed by atoms with E-state index in [9.17, 15) is 18.4 Å². The molecule has 9 heteroatoms. The summed E-state index contributed by atoms with van der Waals surface area (Å²) in [7, 11) is 0. The van der Waals surface area contributed by atoms with Crippen molar-refractivity contribution >= 4 is 11.8 Å². The number of fused-ring (bicyclic) bond motifs is 3. The van der Waals surface area contributed by atoms with E-state index in [2.05, 4.69) is 39.8 Å². The fraction of sp³-hybridized carbons (Fsp3) is 0.649. The zero-order chi connectivity index (χ0) is 32.3. The fourth-order valence-electron chi connectivity index (χ4n) is 8.60. The van der Waals surface area contributed by atoms with Crippen LogP contribution in [0.25, 0.3) is 0 Å². The van der Waals surface area contributed by atoms with Crippen LogP contribution in [0, 0.1) is 25.2 Å². The van der Waals surface area contributed by atoms with Gasteiger partial charge in [-0.1, -0.05) is 30.3 Å². The SMILES string of the molecule is C#CCCCCC(=O)N1CCc2c(nc(C)n2C2CC3CCC(C2)N3CC[C@H](NC(=O)C2CCC(F)(F)CC2)c2ccccc2)C1. The van der Waals surface area contributed by atoms with E-state index in [1.165, 1.54) is 18.5 Å². The molecule has 2 saturated heterocycles. The first-order chi connectivity index (χ1) is 22.2. The van der Waals surface area contributed by atoms with E-state index >= 15 is 0 Å². The normalized spacial score (nSPS) is 25.1. The summed E-state index contributed by atoms with van der Waals surface area (Å²) in [4.78, 5) is 35.7. The minimum Gasteiger partial charge on any atom is -0.349 e. The Bertz CT molecular complexity index is 1390. The van der Waals surface area contributed by atoms with Gasteiger partial charge in [0.15, 0.2) is 0 Å². The number of aromatic nitrogens is 2. The average molecular weight is 634 g/mol. The summed E-state index contributed by atoms with van der Waals surface area (Å²) in [5.74, 6) is 0.835. The number of rotatable bonds is 11. The van der Waals surface area contributed by atoms with Crippen molar-refractivity contribution in [3.8, 4) is 12.3 Å². The second kappa shape index (κ2) is 14.3. The first-order valence-electron chi connectivity index (χ1n) is 17.5. The van der Waals surface area contributed by atoms with Crippen LogP contribution in [-0.4, -0.2) is 62.3 Å². The van der Waals surface area contributed by atoms with Gasteiger partial charge >= 0.3 is 0 Å². The molecule has 1 aromatic heterocycles. The standard InChI is InChI=1S/C37H49F2N5O2/c1-3-4-5-9-12-35(45)42-21-18-34-33(25-42)40-26(2)44(34)31-23-29-13-14-30(24-31)43(29)22-17-32(27-10-7-6-8-11-27)41-36(46)28-15-19-37(38,39)20-16-28/h1,6-8,10-11,28-32H,4-5,9,12-25H2,2H3,(H,41,46)/t29?,30?,31?,32-/m0/s1. The molecule has 248 valence electrons. The number of hydrogen-bond donors (Lipinski definition) is 1. The Morgan fingerprint density at radius 2 is 1.78 bits per heavy atom. The van der Waals surface area contributed by atoms with Crippen molar-refractivity contribution in [1.29, 1.82) is 0 Å². The Hall–Kier alpha value is -3.25. The van der Waals surface area contributed by atoms with Gasteiger partial charge in [-0.3, -0.25) is 14.5 Å². The lowest BCUT2D eigenvalue weighted by molar-refractivity contribution is -0.132. The van der Waals surface area contributed by atoms with E-state index in [1.54, 1.807) is 0 Å². The van der Waals surface area contributed by atoms with Gasteiger partial charge in [0.25, 0.3) is 0 Å². The molecule has 0 spiro atoms. The topological polar surface area (TPSA) is 70.5 Å². The van der Waals surface area contributed by atoms with E-state index in [0.29, 0.717) is 31.1 Å². The molecule has 1 saturated carbocycles. The molecule has 46 heavy (non-hydrogen) atoms. The van der Waals surface area contributed by atoms with Crippen LogP contribution in [0.15, 0.2) is 30.3 Å². The Labute approximate surface area is 272 Å². The minimum atomic E-state index is -2.64. The smallest absolute Gasteiger partial charge is 0.248 e. The van der Waals surface area contributed by atoms with Gasteiger partial charge in [0.05, 0.1) is 18.3 Å². The van der Waals surface area contributed by atoms with E-state index < -0.39 is 5.92 Å². The van der Waals surface area contributed by atoms with Crippen LogP contribution in [-0.2, 0) is 22.6 Å². The number of imidazole rings is 1. The number of terminal acetylenes is 1. The highest BCUT2D eigenvalue weighted by Crippen LogP contribution is 2.43.